The zero-order valence-corrected chi connectivity index (χ0v) is 6.89. The summed E-state index contributed by atoms with van der Waals surface area (Å²) in [4.78, 5) is 0. The highest BCUT2D eigenvalue weighted by Crippen LogP contribution is 2.10. The lowest BCUT2D eigenvalue weighted by Crippen LogP contribution is -2.16. The minimum atomic E-state index is -2.57. The Kier molecular flexibility index (Phi) is 6.42. The summed E-state index contributed by atoms with van der Waals surface area (Å²) < 4.78 is 23.4. The van der Waals surface area contributed by atoms with Gasteiger partial charge in [0, 0.05) is 0 Å². The molecule has 1 atom stereocenters. The Balaban J connectivity index is 3.10. The average molecular weight is 166 g/mol. The van der Waals surface area contributed by atoms with Gasteiger partial charge in [-0.15, -0.1) is 0 Å². The Morgan fingerprint density at radius 2 is 1.82 bits per heavy atom. The van der Waals surface area contributed by atoms with Gasteiger partial charge in [0.05, 0.1) is 0 Å². The van der Waals surface area contributed by atoms with E-state index in [1.54, 1.807) is 0 Å². The van der Waals surface area contributed by atoms with Crippen LogP contribution in [0.1, 0.15) is 39.0 Å². The van der Waals surface area contributed by atoms with Gasteiger partial charge in [0.2, 0.25) is 0 Å². The first kappa shape index (κ1) is 10.8. The van der Waals surface area contributed by atoms with E-state index >= 15 is 0 Å². The van der Waals surface area contributed by atoms with Crippen LogP contribution in [0.3, 0.4) is 0 Å². The first-order chi connectivity index (χ1) is 5.18. The molecule has 11 heavy (non-hydrogen) atoms. The Morgan fingerprint density at radius 1 is 1.18 bits per heavy atom. The summed E-state index contributed by atoms with van der Waals surface area (Å²) in [5.41, 5.74) is 0. The molecule has 0 aromatic carbocycles. The first-order valence-electron chi connectivity index (χ1n) is 4.14. The standard InChI is InChI=1S/C8H16F2O/c1-2-3-4-5-6-7(11)8(9)10/h7-8,11H,2-6H2,1H3/t7-/m0/s1. The summed E-state index contributed by atoms with van der Waals surface area (Å²) in [6, 6.07) is 0. The zero-order valence-electron chi connectivity index (χ0n) is 6.89. The molecule has 0 heterocycles. The first-order valence-corrected chi connectivity index (χ1v) is 4.14. The van der Waals surface area contributed by atoms with Crippen LogP contribution in [-0.2, 0) is 0 Å². The molecule has 0 bridgehead atoms. The van der Waals surface area contributed by atoms with Gasteiger partial charge >= 0.3 is 0 Å². The van der Waals surface area contributed by atoms with Crippen LogP contribution in [0, 0.1) is 0 Å². The normalized spacial score (nSPS) is 13.9. The lowest BCUT2D eigenvalue weighted by Gasteiger charge is -2.07. The van der Waals surface area contributed by atoms with Crippen LogP contribution in [0.5, 0.6) is 0 Å². The molecule has 0 amide bonds. The third-order valence-electron chi connectivity index (χ3n) is 1.64. The molecular weight excluding hydrogens is 150 g/mol. The molecule has 0 unspecified atom stereocenters. The van der Waals surface area contributed by atoms with Crippen LogP contribution >= 0.6 is 0 Å². The molecule has 0 aromatic heterocycles. The summed E-state index contributed by atoms with van der Waals surface area (Å²) in [6.07, 6.45) is 0.0568. The van der Waals surface area contributed by atoms with Gasteiger partial charge in [-0.25, -0.2) is 8.78 Å². The van der Waals surface area contributed by atoms with E-state index in [1.165, 1.54) is 0 Å². The molecule has 0 aliphatic rings. The second-order valence-corrected chi connectivity index (χ2v) is 2.75. The van der Waals surface area contributed by atoms with Gasteiger partial charge in [0.15, 0.2) is 0 Å². The van der Waals surface area contributed by atoms with Crippen molar-refractivity contribution in [2.45, 2.75) is 51.6 Å². The quantitative estimate of drug-likeness (QED) is 0.601. The molecule has 0 fully saturated rings. The fourth-order valence-corrected chi connectivity index (χ4v) is 0.906. The molecule has 0 aliphatic carbocycles. The van der Waals surface area contributed by atoms with Crippen molar-refractivity contribution in [2.75, 3.05) is 0 Å². The van der Waals surface area contributed by atoms with E-state index in [1.807, 2.05) is 0 Å². The minimum absolute atomic E-state index is 0.234. The second-order valence-electron chi connectivity index (χ2n) is 2.75. The van der Waals surface area contributed by atoms with Gasteiger partial charge < -0.3 is 5.11 Å². The Morgan fingerprint density at radius 3 is 2.27 bits per heavy atom. The van der Waals surface area contributed by atoms with E-state index < -0.39 is 12.5 Å². The number of aliphatic hydroxyl groups is 1. The van der Waals surface area contributed by atoms with Crippen LogP contribution in [0.4, 0.5) is 8.78 Å². The molecule has 3 heteroatoms. The summed E-state index contributed by atoms with van der Waals surface area (Å²) in [5, 5.41) is 8.68. The van der Waals surface area contributed by atoms with E-state index in [4.69, 9.17) is 5.11 Å². The molecule has 1 N–H and O–H groups in total. The molecule has 0 aliphatic heterocycles. The summed E-state index contributed by atoms with van der Waals surface area (Å²) in [7, 11) is 0. The third kappa shape index (κ3) is 6.23. The van der Waals surface area contributed by atoms with E-state index in [0.717, 1.165) is 19.3 Å². The van der Waals surface area contributed by atoms with Crippen molar-refractivity contribution < 1.29 is 13.9 Å². The van der Waals surface area contributed by atoms with E-state index in [9.17, 15) is 8.78 Å². The number of hydrogen-bond donors (Lipinski definition) is 1. The van der Waals surface area contributed by atoms with Crippen LogP contribution in [0.15, 0.2) is 0 Å². The maximum absolute atomic E-state index is 11.7. The van der Waals surface area contributed by atoms with Gasteiger partial charge in [-0.1, -0.05) is 32.6 Å². The van der Waals surface area contributed by atoms with Crippen molar-refractivity contribution in [2.24, 2.45) is 0 Å². The SMILES string of the molecule is CCCCCC[C@H](O)C(F)F. The van der Waals surface area contributed by atoms with Crippen LogP contribution in [-0.4, -0.2) is 17.6 Å². The zero-order chi connectivity index (χ0) is 8.69. The van der Waals surface area contributed by atoms with E-state index in [0.29, 0.717) is 6.42 Å². The Bertz CT molecular complexity index is 86.2. The van der Waals surface area contributed by atoms with Gasteiger partial charge in [-0.2, -0.15) is 0 Å². The van der Waals surface area contributed by atoms with Gasteiger partial charge in [0.1, 0.15) is 6.10 Å². The van der Waals surface area contributed by atoms with Crippen molar-refractivity contribution in [1.82, 2.24) is 0 Å². The van der Waals surface area contributed by atoms with Gasteiger partial charge in [0.25, 0.3) is 6.43 Å². The molecule has 0 spiro atoms. The highest BCUT2D eigenvalue weighted by Gasteiger charge is 2.15. The van der Waals surface area contributed by atoms with E-state index in [2.05, 4.69) is 6.92 Å². The maximum Gasteiger partial charge on any atom is 0.264 e. The highest BCUT2D eigenvalue weighted by molar-refractivity contribution is 4.57. The largest absolute Gasteiger partial charge is 0.387 e. The number of aliphatic hydroxyl groups excluding tert-OH is 1. The lowest BCUT2D eigenvalue weighted by atomic mass is 10.1. The molecule has 1 nitrogen and oxygen atoms in total. The molecule has 0 saturated carbocycles. The summed E-state index contributed by atoms with van der Waals surface area (Å²) in [5.74, 6) is 0. The Labute approximate surface area is 66.4 Å². The molecule has 0 radical (unpaired) electrons. The number of hydrogen-bond acceptors (Lipinski definition) is 1. The van der Waals surface area contributed by atoms with Crippen LogP contribution < -0.4 is 0 Å². The monoisotopic (exact) mass is 166 g/mol. The number of rotatable bonds is 6. The van der Waals surface area contributed by atoms with Crippen LogP contribution in [0.2, 0.25) is 0 Å². The molecular formula is C8H16F2O. The maximum atomic E-state index is 11.7. The van der Waals surface area contributed by atoms with Crippen molar-refractivity contribution in [3.8, 4) is 0 Å². The van der Waals surface area contributed by atoms with Crippen LogP contribution in [0.25, 0.3) is 0 Å². The number of alkyl halides is 2. The molecule has 0 aromatic rings. The number of halogens is 2. The fraction of sp³-hybridized carbons (Fsp3) is 1.00. The average Bonchev–Trinajstić information content (AvgIpc) is 1.97. The second kappa shape index (κ2) is 6.53. The predicted molar refractivity (Wildman–Crippen MR) is 40.8 cm³/mol. The molecule has 68 valence electrons. The summed E-state index contributed by atoms with van der Waals surface area (Å²) >= 11 is 0. The topological polar surface area (TPSA) is 20.2 Å². The Hall–Kier alpha value is -0.180. The van der Waals surface area contributed by atoms with E-state index in [-0.39, 0.29) is 6.42 Å². The summed E-state index contributed by atoms with van der Waals surface area (Å²) in [6.45, 7) is 2.06. The number of unbranched alkanes of at least 4 members (excludes halogenated alkanes) is 3. The van der Waals surface area contributed by atoms with Gasteiger partial charge in [-0.3, -0.25) is 0 Å². The lowest BCUT2D eigenvalue weighted by molar-refractivity contribution is -0.0100. The fourth-order valence-electron chi connectivity index (χ4n) is 0.906. The van der Waals surface area contributed by atoms with Crippen molar-refractivity contribution in [3.05, 3.63) is 0 Å². The molecule has 0 rings (SSSR count). The van der Waals surface area contributed by atoms with Crippen molar-refractivity contribution in [1.29, 1.82) is 0 Å². The highest BCUT2D eigenvalue weighted by atomic mass is 19.3. The van der Waals surface area contributed by atoms with Gasteiger partial charge in [-0.05, 0) is 6.42 Å². The van der Waals surface area contributed by atoms with Crippen molar-refractivity contribution >= 4 is 0 Å². The minimum Gasteiger partial charge on any atom is -0.387 e. The van der Waals surface area contributed by atoms with Crippen molar-refractivity contribution in [3.63, 3.8) is 0 Å². The smallest absolute Gasteiger partial charge is 0.264 e. The third-order valence-corrected chi connectivity index (χ3v) is 1.64. The molecule has 0 saturated heterocycles. The predicted octanol–water partition coefficient (Wildman–Crippen LogP) is 2.58.